The van der Waals surface area contributed by atoms with Gasteiger partial charge in [0.05, 0.1) is 19.1 Å². The number of hydrogen-bond acceptors (Lipinski definition) is 5. The van der Waals surface area contributed by atoms with Crippen LogP contribution in [0.4, 0.5) is 0 Å². The molecule has 1 fully saturated rings. The minimum Gasteiger partial charge on any atom is -0.548 e. The Kier molecular flexibility index (Phi) is 3.99. The Morgan fingerprint density at radius 1 is 1.37 bits per heavy atom. The van der Waals surface area contributed by atoms with E-state index in [0.29, 0.717) is 5.75 Å². The first-order chi connectivity index (χ1) is 9.04. The van der Waals surface area contributed by atoms with Gasteiger partial charge < -0.3 is 19.5 Å². The van der Waals surface area contributed by atoms with Gasteiger partial charge >= 0.3 is 0 Å². The molecule has 19 heavy (non-hydrogen) atoms. The lowest BCUT2D eigenvalue weighted by Crippen LogP contribution is -2.48. The summed E-state index contributed by atoms with van der Waals surface area (Å²) in [7, 11) is 1.58. The van der Waals surface area contributed by atoms with E-state index in [9.17, 15) is 14.7 Å². The maximum atomic E-state index is 11.7. The number of methoxy groups -OCH3 is 1. The number of amides is 1. The number of hydrogen-bond donors (Lipinski definition) is 0. The van der Waals surface area contributed by atoms with Gasteiger partial charge in [-0.25, -0.2) is 0 Å². The number of carbonyl (C=O) groups excluding carboxylic acids is 2. The number of carboxylic acid groups (broad SMARTS) is 1. The van der Waals surface area contributed by atoms with Crippen molar-refractivity contribution >= 4 is 23.6 Å². The van der Waals surface area contributed by atoms with E-state index in [1.807, 2.05) is 12.1 Å². The molecule has 2 atom stereocenters. The monoisotopic (exact) mass is 280 g/mol. The van der Waals surface area contributed by atoms with Crippen LogP contribution in [-0.2, 0) is 9.59 Å². The van der Waals surface area contributed by atoms with E-state index < -0.39 is 12.0 Å². The lowest BCUT2D eigenvalue weighted by atomic mass is 10.1. The molecule has 1 aromatic rings. The number of thioether (sulfide) groups is 1. The van der Waals surface area contributed by atoms with Crippen molar-refractivity contribution in [1.82, 2.24) is 4.90 Å². The predicted molar refractivity (Wildman–Crippen MR) is 69.5 cm³/mol. The van der Waals surface area contributed by atoms with Crippen molar-refractivity contribution in [1.29, 1.82) is 0 Å². The van der Waals surface area contributed by atoms with Crippen molar-refractivity contribution in [3.05, 3.63) is 29.8 Å². The first-order valence-corrected chi connectivity index (χ1v) is 6.84. The van der Waals surface area contributed by atoms with Crippen LogP contribution in [0.5, 0.6) is 5.75 Å². The highest BCUT2D eigenvalue weighted by molar-refractivity contribution is 7.99. The zero-order valence-electron chi connectivity index (χ0n) is 10.7. The highest BCUT2D eigenvalue weighted by atomic mass is 32.2. The van der Waals surface area contributed by atoms with Gasteiger partial charge in [-0.05, 0) is 17.7 Å². The summed E-state index contributed by atoms with van der Waals surface area (Å²) in [5, 5.41) is 10.8. The van der Waals surface area contributed by atoms with Crippen LogP contribution < -0.4 is 9.84 Å². The highest BCUT2D eigenvalue weighted by Crippen LogP contribution is 2.41. The smallest absolute Gasteiger partial charge is 0.221 e. The molecule has 1 saturated heterocycles. The van der Waals surface area contributed by atoms with Gasteiger partial charge in [-0.1, -0.05) is 12.1 Å². The number of rotatable bonds is 3. The van der Waals surface area contributed by atoms with Crippen LogP contribution >= 0.6 is 11.8 Å². The average Bonchev–Trinajstić information content (AvgIpc) is 2.83. The van der Waals surface area contributed by atoms with Crippen molar-refractivity contribution in [3.63, 3.8) is 0 Å². The van der Waals surface area contributed by atoms with Gasteiger partial charge in [0.1, 0.15) is 11.1 Å². The quantitative estimate of drug-likeness (QED) is 0.802. The van der Waals surface area contributed by atoms with Gasteiger partial charge in [-0.3, -0.25) is 4.79 Å². The van der Waals surface area contributed by atoms with Crippen LogP contribution in [0.15, 0.2) is 24.3 Å². The topological polar surface area (TPSA) is 69.7 Å². The Balaban J connectivity index is 2.27. The van der Waals surface area contributed by atoms with Gasteiger partial charge in [-0.2, -0.15) is 0 Å². The normalized spacial score (nSPS) is 22.3. The summed E-state index contributed by atoms with van der Waals surface area (Å²) in [5.41, 5.74) is 0.879. The summed E-state index contributed by atoms with van der Waals surface area (Å²) in [6, 6.07) is 6.39. The van der Waals surface area contributed by atoms with Gasteiger partial charge in [0.15, 0.2) is 0 Å². The third-order valence-electron chi connectivity index (χ3n) is 3.04. The second-order valence-electron chi connectivity index (χ2n) is 4.22. The van der Waals surface area contributed by atoms with E-state index in [0.717, 1.165) is 11.3 Å². The molecule has 5 nitrogen and oxygen atoms in total. The van der Waals surface area contributed by atoms with Gasteiger partial charge in [-0.15, -0.1) is 11.8 Å². The molecule has 0 aromatic heterocycles. The van der Waals surface area contributed by atoms with Crippen LogP contribution in [0.1, 0.15) is 17.9 Å². The first-order valence-electron chi connectivity index (χ1n) is 5.80. The van der Waals surface area contributed by atoms with Gasteiger partial charge in [0.2, 0.25) is 5.91 Å². The summed E-state index contributed by atoms with van der Waals surface area (Å²) in [4.78, 5) is 24.1. The van der Waals surface area contributed by atoms with Crippen molar-refractivity contribution in [2.45, 2.75) is 18.3 Å². The summed E-state index contributed by atoms with van der Waals surface area (Å²) >= 11 is 1.43. The third-order valence-corrected chi connectivity index (χ3v) is 4.36. The maximum Gasteiger partial charge on any atom is 0.221 e. The number of ether oxygens (including phenoxy) is 1. The molecule has 0 saturated carbocycles. The minimum absolute atomic E-state index is 0.264. The molecule has 0 bridgehead atoms. The SMILES string of the molecule is COc1ccc([C@@H]2SC[C@H](C(=O)[O-])N2C(C)=O)cc1. The number of carboxylic acids is 1. The summed E-state index contributed by atoms with van der Waals surface area (Å²) in [6.45, 7) is 1.37. The third kappa shape index (κ3) is 2.68. The van der Waals surface area contributed by atoms with E-state index >= 15 is 0 Å². The fourth-order valence-corrected chi connectivity index (χ4v) is 3.56. The van der Waals surface area contributed by atoms with E-state index in [1.54, 1.807) is 19.2 Å². The van der Waals surface area contributed by atoms with Crippen LogP contribution in [0, 0.1) is 0 Å². The summed E-state index contributed by atoms with van der Waals surface area (Å²) < 4.78 is 5.07. The molecule has 2 rings (SSSR count). The molecule has 102 valence electrons. The van der Waals surface area contributed by atoms with E-state index in [1.165, 1.54) is 23.6 Å². The zero-order chi connectivity index (χ0) is 14.0. The summed E-state index contributed by atoms with van der Waals surface area (Å²) in [5.74, 6) is -0.408. The number of aliphatic carboxylic acids is 1. The molecule has 1 aliphatic rings. The van der Waals surface area contributed by atoms with E-state index in [2.05, 4.69) is 0 Å². The van der Waals surface area contributed by atoms with Gasteiger partial charge in [0.25, 0.3) is 0 Å². The second kappa shape index (κ2) is 5.52. The molecule has 0 spiro atoms. The van der Waals surface area contributed by atoms with Crippen molar-refractivity contribution in [3.8, 4) is 5.75 Å². The Bertz CT molecular complexity index is 488. The predicted octanol–water partition coefficient (Wildman–Crippen LogP) is 0.408. The second-order valence-corrected chi connectivity index (χ2v) is 5.33. The molecule has 0 unspecified atom stereocenters. The Hall–Kier alpha value is -1.69. The first kappa shape index (κ1) is 13.7. The molecule has 0 aliphatic carbocycles. The fraction of sp³-hybridized carbons (Fsp3) is 0.385. The average molecular weight is 280 g/mol. The molecule has 0 radical (unpaired) electrons. The largest absolute Gasteiger partial charge is 0.548 e. The van der Waals surface area contributed by atoms with Crippen LogP contribution in [0.3, 0.4) is 0 Å². The van der Waals surface area contributed by atoms with Gasteiger partial charge in [0, 0.05) is 12.7 Å². The molecule has 1 aromatic carbocycles. The highest BCUT2D eigenvalue weighted by Gasteiger charge is 2.37. The Morgan fingerprint density at radius 3 is 2.47 bits per heavy atom. The van der Waals surface area contributed by atoms with Crippen molar-refractivity contribution < 1.29 is 19.4 Å². The van der Waals surface area contributed by atoms with Crippen LogP contribution in [-0.4, -0.2) is 35.7 Å². The molecule has 1 heterocycles. The van der Waals surface area contributed by atoms with E-state index in [4.69, 9.17) is 4.74 Å². The van der Waals surface area contributed by atoms with E-state index in [-0.39, 0.29) is 11.3 Å². The van der Waals surface area contributed by atoms with Crippen molar-refractivity contribution in [2.24, 2.45) is 0 Å². The molecule has 1 aliphatic heterocycles. The maximum absolute atomic E-state index is 11.7. The van der Waals surface area contributed by atoms with Crippen LogP contribution in [0.2, 0.25) is 0 Å². The molecule has 1 amide bonds. The molecule has 6 heteroatoms. The van der Waals surface area contributed by atoms with Crippen LogP contribution in [0.25, 0.3) is 0 Å². The number of benzene rings is 1. The zero-order valence-corrected chi connectivity index (χ0v) is 11.5. The Morgan fingerprint density at radius 2 is 2.00 bits per heavy atom. The minimum atomic E-state index is -1.21. The number of carbonyl (C=O) groups is 2. The fourth-order valence-electron chi connectivity index (χ4n) is 2.10. The summed E-state index contributed by atoms with van der Waals surface area (Å²) in [6.07, 6.45) is 0. The Labute approximate surface area is 115 Å². The molecular formula is C13H14NO4S-. The standard InChI is InChI=1S/C13H15NO4S/c1-8(15)14-11(13(16)17)7-19-12(14)9-3-5-10(18-2)6-4-9/h3-6,11-12H,7H2,1-2H3,(H,16,17)/p-1/t11-,12+/m1/s1. The molecular weight excluding hydrogens is 266 g/mol. The lowest BCUT2D eigenvalue weighted by Gasteiger charge is -2.29. The number of nitrogens with zero attached hydrogens (tertiary/aromatic N) is 1. The van der Waals surface area contributed by atoms with Crippen molar-refractivity contribution in [2.75, 3.05) is 12.9 Å². The lowest BCUT2D eigenvalue weighted by molar-refractivity contribution is -0.310. The molecule has 0 N–H and O–H groups in total.